The fraction of sp³-hybridized carbons (Fsp3) is 0.400. The van der Waals surface area contributed by atoms with Crippen molar-refractivity contribution in [1.29, 1.82) is 0 Å². The first-order valence-corrected chi connectivity index (χ1v) is 9.11. The summed E-state index contributed by atoms with van der Waals surface area (Å²) in [6, 6.07) is 13.8. The van der Waals surface area contributed by atoms with Gasteiger partial charge in [0, 0.05) is 19.8 Å². The largest absolute Gasteiger partial charge is 0.354 e. The van der Waals surface area contributed by atoms with E-state index in [1.807, 2.05) is 6.07 Å². The first-order chi connectivity index (χ1) is 12.8. The van der Waals surface area contributed by atoms with Gasteiger partial charge in [-0.1, -0.05) is 30.3 Å². The van der Waals surface area contributed by atoms with E-state index in [1.54, 1.807) is 19.3 Å². The van der Waals surface area contributed by atoms with Crippen LogP contribution in [0.5, 0.6) is 0 Å². The smallest absolute Gasteiger partial charge is 0.191 e. The number of rotatable bonds is 6. The average Bonchev–Trinajstić information content (AvgIpc) is 3.21. The van der Waals surface area contributed by atoms with Crippen LogP contribution in [-0.4, -0.2) is 42.5 Å². The minimum Gasteiger partial charge on any atom is -0.354 e. The zero-order valence-corrected chi connectivity index (χ0v) is 17.9. The molecule has 27 heavy (non-hydrogen) atoms. The molecule has 146 valence electrons. The van der Waals surface area contributed by atoms with E-state index in [0.29, 0.717) is 24.2 Å². The lowest BCUT2D eigenvalue weighted by Gasteiger charge is -2.29. The van der Waals surface area contributed by atoms with Crippen molar-refractivity contribution in [3.63, 3.8) is 0 Å². The molecule has 2 aromatic rings. The maximum atomic E-state index is 13.7. The Bertz CT molecular complexity index is 719. The molecule has 2 heterocycles. The SMILES string of the molecule is CN=C(NCc1ncccc1F)NCC(c1ccccc1)N1CCCC1.I. The normalized spacial score (nSPS) is 15.9. The standard InChI is InChI=1S/C20H26FN5.HI/c1-22-20(24-14-18-17(21)10-7-11-23-18)25-15-19(26-12-5-6-13-26)16-8-3-2-4-9-16;/h2-4,7-11,19H,5-6,12-15H2,1H3,(H2,22,24,25);1H. The average molecular weight is 483 g/mol. The van der Waals surface area contributed by atoms with Crippen molar-refractivity contribution in [2.24, 2.45) is 4.99 Å². The number of benzene rings is 1. The highest BCUT2D eigenvalue weighted by Crippen LogP contribution is 2.24. The summed E-state index contributed by atoms with van der Waals surface area (Å²) in [5.41, 5.74) is 1.68. The van der Waals surface area contributed by atoms with Crippen LogP contribution < -0.4 is 10.6 Å². The number of nitrogens with one attached hydrogen (secondary N) is 2. The molecule has 0 amide bonds. The number of nitrogens with zero attached hydrogens (tertiary/aromatic N) is 3. The summed E-state index contributed by atoms with van der Waals surface area (Å²) in [7, 11) is 1.72. The van der Waals surface area contributed by atoms with Gasteiger partial charge in [0.25, 0.3) is 0 Å². The summed E-state index contributed by atoms with van der Waals surface area (Å²) < 4.78 is 13.7. The molecule has 5 nitrogen and oxygen atoms in total. The molecular formula is C20H27FIN5. The molecule has 1 unspecified atom stereocenters. The Hall–Kier alpha value is -1.74. The summed E-state index contributed by atoms with van der Waals surface area (Å²) in [6.07, 6.45) is 4.08. The molecule has 0 aliphatic carbocycles. The van der Waals surface area contributed by atoms with Crippen LogP contribution in [0.25, 0.3) is 0 Å². The van der Waals surface area contributed by atoms with E-state index in [-0.39, 0.29) is 29.8 Å². The van der Waals surface area contributed by atoms with E-state index in [1.165, 1.54) is 24.5 Å². The molecule has 1 aromatic heterocycles. The molecule has 0 bridgehead atoms. The van der Waals surface area contributed by atoms with E-state index in [2.05, 4.69) is 49.8 Å². The Morgan fingerprint density at radius 1 is 1.15 bits per heavy atom. The van der Waals surface area contributed by atoms with Crippen molar-refractivity contribution in [1.82, 2.24) is 20.5 Å². The number of likely N-dealkylation sites (tertiary alicyclic amines) is 1. The highest BCUT2D eigenvalue weighted by atomic mass is 127. The third-order valence-electron chi connectivity index (χ3n) is 4.71. The molecule has 0 radical (unpaired) electrons. The van der Waals surface area contributed by atoms with Crippen molar-refractivity contribution in [2.45, 2.75) is 25.4 Å². The van der Waals surface area contributed by atoms with E-state index in [9.17, 15) is 4.39 Å². The number of aromatic nitrogens is 1. The van der Waals surface area contributed by atoms with Crippen LogP contribution in [0.4, 0.5) is 4.39 Å². The predicted molar refractivity (Wildman–Crippen MR) is 118 cm³/mol. The highest BCUT2D eigenvalue weighted by Gasteiger charge is 2.23. The molecule has 7 heteroatoms. The van der Waals surface area contributed by atoms with Crippen LogP contribution in [0, 0.1) is 5.82 Å². The van der Waals surface area contributed by atoms with Crippen molar-refractivity contribution in [3.8, 4) is 0 Å². The van der Waals surface area contributed by atoms with Crippen LogP contribution in [0.1, 0.15) is 30.1 Å². The minimum atomic E-state index is -0.310. The molecular weight excluding hydrogens is 456 g/mol. The van der Waals surface area contributed by atoms with E-state index in [0.717, 1.165) is 19.6 Å². The maximum absolute atomic E-state index is 13.7. The third-order valence-corrected chi connectivity index (χ3v) is 4.71. The summed E-state index contributed by atoms with van der Waals surface area (Å²) >= 11 is 0. The fourth-order valence-corrected chi connectivity index (χ4v) is 3.32. The van der Waals surface area contributed by atoms with Crippen LogP contribution >= 0.6 is 24.0 Å². The van der Waals surface area contributed by atoms with Crippen molar-refractivity contribution < 1.29 is 4.39 Å². The summed E-state index contributed by atoms with van der Waals surface area (Å²) in [6.45, 7) is 3.28. The van der Waals surface area contributed by atoms with Gasteiger partial charge < -0.3 is 10.6 Å². The van der Waals surface area contributed by atoms with Gasteiger partial charge in [-0.2, -0.15) is 0 Å². The van der Waals surface area contributed by atoms with Gasteiger partial charge in [-0.3, -0.25) is 14.9 Å². The van der Waals surface area contributed by atoms with E-state index < -0.39 is 0 Å². The number of aliphatic imine (C=N–C) groups is 1. The van der Waals surface area contributed by atoms with E-state index in [4.69, 9.17) is 0 Å². The Balaban J connectivity index is 0.00000261. The van der Waals surface area contributed by atoms with Gasteiger partial charge in [-0.25, -0.2) is 4.39 Å². The van der Waals surface area contributed by atoms with Gasteiger partial charge >= 0.3 is 0 Å². The molecule has 1 saturated heterocycles. The second kappa shape index (κ2) is 11.2. The molecule has 0 spiro atoms. The Labute approximate surface area is 177 Å². The highest BCUT2D eigenvalue weighted by molar-refractivity contribution is 14.0. The van der Waals surface area contributed by atoms with Gasteiger partial charge in [-0.05, 0) is 43.6 Å². The quantitative estimate of drug-likeness (QED) is 0.376. The van der Waals surface area contributed by atoms with Crippen LogP contribution in [0.15, 0.2) is 53.7 Å². The van der Waals surface area contributed by atoms with Gasteiger partial charge in [0.05, 0.1) is 18.3 Å². The van der Waals surface area contributed by atoms with Gasteiger partial charge in [-0.15, -0.1) is 24.0 Å². The number of halogens is 2. The second-order valence-corrected chi connectivity index (χ2v) is 6.41. The summed E-state index contributed by atoms with van der Waals surface area (Å²) in [4.78, 5) is 10.8. The first-order valence-electron chi connectivity index (χ1n) is 9.11. The molecule has 3 rings (SSSR count). The summed E-state index contributed by atoms with van der Waals surface area (Å²) in [5.74, 6) is 0.338. The minimum absolute atomic E-state index is 0. The van der Waals surface area contributed by atoms with Gasteiger partial charge in [0.2, 0.25) is 0 Å². The molecule has 0 saturated carbocycles. The van der Waals surface area contributed by atoms with Crippen molar-refractivity contribution >= 4 is 29.9 Å². The van der Waals surface area contributed by atoms with Crippen molar-refractivity contribution in [2.75, 3.05) is 26.7 Å². The number of hydrogen-bond acceptors (Lipinski definition) is 3. The van der Waals surface area contributed by atoms with Crippen LogP contribution in [0.2, 0.25) is 0 Å². The van der Waals surface area contributed by atoms with Crippen LogP contribution in [-0.2, 0) is 6.54 Å². The summed E-state index contributed by atoms with van der Waals surface area (Å²) in [5, 5.41) is 6.52. The lowest BCUT2D eigenvalue weighted by atomic mass is 10.1. The van der Waals surface area contributed by atoms with E-state index >= 15 is 0 Å². The molecule has 1 fully saturated rings. The molecule has 1 aliphatic rings. The number of hydrogen-bond donors (Lipinski definition) is 2. The predicted octanol–water partition coefficient (Wildman–Crippen LogP) is 3.34. The number of pyridine rings is 1. The Morgan fingerprint density at radius 3 is 2.56 bits per heavy atom. The first kappa shape index (κ1) is 21.6. The molecule has 1 atom stereocenters. The maximum Gasteiger partial charge on any atom is 0.191 e. The lowest BCUT2D eigenvalue weighted by molar-refractivity contribution is 0.245. The zero-order valence-electron chi connectivity index (χ0n) is 15.6. The van der Waals surface area contributed by atoms with Crippen molar-refractivity contribution in [3.05, 3.63) is 65.7 Å². The lowest BCUT2D eigenvalue weighted by Crippen LogP contribution is -2.42. The zero-order chi connectivity index (χ0) is 18.2. The number of guanidine groups is 1. The Morgan fingerprint density at radius 2 is 1.89 bits per heavy atom. The molecule has 1 aliphatic heterocycles. The van der Waals surface area contributed by atoms with Crippen LogP contribution in [0.3, 0.4) is 0 Å². The molecule has 2 N–H and O–H groups in total. The second-order valence-electron chi connectivity index (χ2n) is 6.41. The Kier molecular flexibility index (Phi) is 8.93. The topological polar surface area (TPSA) is 52.6 Å². The third kappa shape index (κ3) is 6.14. The monoisotopic (exact) mass is 483 g/mol. The fourth-order valence-electron chi connectivity index (χ4n) is 3.32. The molecule has 1 aromatic carbocycles. The van der Waals surface area contributed by atoms with Gasteiger partial charge in [0.15, 0.2) is 5.96 Å². The van der Waals surface area contributed by atoms with Gasteiger partial charge in [0.1, 0.15) is 5.82 Å².